The van der Waals surface area contributed by atoms with Crippen LogP contribution in [0.3, 0.4) is 0 Å². The van der Waals surface area contributed by atoms with Gasteiger partial charge in [0.05, 0.1) is 19.8 Å². The van der Waals surface area contributed by atoms with Crippen molar-refractivity contribution < 1.29 is 14.2 Å². The van der Waals surface area contributed by atoms with Gasteiger partial charge in [-0.15, -0.1) is 0 Å². The Bertz CT molecular complexity index is 537. The first-order chi connectivity index (χ1) is 10.8. The molecule has 0 atom stereocenters. The maximum absolute atomic E-state index is 5.82. The van der Waals surface area contributed by atoms with Gasteiger partial charge in [-0.2, -0.15) is 0 Å². The third-order valence-electron chi connectivity index (χ3n) is 3.02. The molecule has 0 aliphatic heterocycles. The SMILES string of the molecule is CCOc1ccc(OCCCCOc2ccc(Cl)cc2)cc1. The molecule has 22 heavy (non-hydrogen) atoms. The Kier molecular flexibility index (Phi) is 6.91. The first kappa shape index (κ1) is 16.5. The van der Waals surface area contributed by atoms with E-state index in [2.05, 4.69) is 0 Å². The molecular formula is C18H21ClO3. The molecule has 4 heteroatoms. The zero-order chi connectivity index (χ0) is 15.6. The van der Waals surface area contributed by atoms with Gasteiger partial charge in [-0.25, -0.2) is 0 Å². The van der Waals surface area contributed by atoms with Gasteiger partial charge in [0.25, 0.3) is 0 Å². The lowest BCUT2D eigenvalue weighted by atomic mass is 10.3. The number of unbranched alkanes of at least 4 members (excludes halogenated alkanes) is 1. The fourth-order valence-corrected chi connectivity index (χ4v) is 2.04. The quantitative estimate of drug-likeness (QED) is 0.610. The van der Waals surface area contributed by atoms with Crippen molar-refractivity contribution in [1.29, 1.82) is 0 Å². The van der Waals surface area contributed by atoms with E-state index in [1.54, 1.807) is 0 Å². The molecule has 2 rings (SSSR count). The van der Waals surface area contributed by atoms with Crippen LogP contribution in [0.2, 0.25) is 5.02 Å². The largest absolute Gasteiger partial charge is 0.494 e. The Hall–Kier alpha value is -1.87. The summed E-state index contributed by atoms with van der Waals surface area (Å²) in [6, 6.07) is 15.1. The number of rotatable bonds is 9. The summed E-state index contributed by atoms with van der Waals surface area (Å²) < 4.78 is 16.7. The van der Waals surface area contributed by atoms with E-state index >= 15 is 0 Å². The fraction of sp³-hybridized carbons (Fsp3) is 0.333. The minimum Gasteiger partial charge on any atom is -0.494 e. The molecule has 0 N–H and O–H groups in total. The van der Waals surface area contributed by atoms with Gasteiger partial charge in [0.1, 0.15) is 17.2 Å². The van der Waals surface area contributed by atoms with Crippen molar-refractivity contribution in [3.63, 3.8) is 0 Å². The van der Waals surface area contributed by atoms with Crippen molar-refractivity contribution in [2.75, 3.05) is 19.8 Å². The van der Waals surface area contributed by atoms with Crippen LogP contribution in [0, 0.1) is 0 Å². The standard InChI is InChI=1S/C18H21ClO3/c1-2-20-16-9-11-18(12-10-16)22-14-4-3-13-21-17-7-5-15(19)6-8-17/h5-12H,2-4,13-14H2,1H3. The van der Waals surface area contributed by atoms with Crippen molar-refractivity contribution in [2.45, 2.75) is 19.8 Å². The predicted octanol–water partition coefficient (Wildman–Crippen LogP) is 4.98. The molecule has 0 radical (unpaired) electrons. The van der Waals surface area contributed by atoms with Crippen LogP contribution in [-0.4, -0.2) is 19.8 Å². The Balaban J connectivity index is 1.58. The highest BCUT2D eigenvalue weighted by Gasteiger charge is 1.97. The fourth-order valence-electron chi connectivity index (χ4n) is 1.91. The lowest BCUT2D eigenvalue weighted by molar-refractivity contribution is 0.266. The summed E-state index contributed by atoms with van der Waals surface area (Å²) in [4.78, 5) is 0. The van der Waals surface area contributed by atoms with Gasteiger partial charge in [0.2, 0.25) is 0 Å². The van der Waals surface area contributed by atoms with Crippen molar-refractivity contribution in [2.24, 2.45) is 0 Å². The minimum atomic E-state index is 0.674. The zero-order valence-electron chi connectivity index (χ0n) is 12.8. The van der Waals surface area contributed by atoms with Gasteiger partial charge in [-0.3, -0.25) is 0 Å². The Morgan fingerprint density at radius 3 is 1.55 bits per heavy atom. The summed E-state index contributed by atoms with van der Waals surface area (Å²) in [5.41, 5.74) is 0. The maximum Gasteiger partial charge on any atom is 0.119 e. The van der Waals surface area contributed by atoms with Crippen molar-refractivity contribution in [1.82, 2.24) is 0 Å². The average Bonchev–Trinajstić information content (AvgIpc) is 2.54. The smallest absolute Gasteiger partial charge is 0.119 e. The molecule has 0 unspecified atom stereocenters. The molecule has 118 valence electrons. The molecule has 0 aromatic heterocycles. The summed E-state index contributed by atoms with van der Waals surface area (Å²) in [5.74, 6) is 2.57. The number of hydrogen-bond acceptors (Lipinski definition) is 3. The van der Waals surface area contributed by atoms with Crippen molar-refractivity contribution in [3.05, 3.63) is 53.6 Å². The molecule has 0 amide bonds. The summed E-state index contributed by atoms with van der Waals surface area (Å²) in [5, 5.41) is 0.719. The van der Waals surface area contributed by atoms with Gasteiger partial charge >= 0.3 is 0 Å². The lowest BCUT2D eigenvalue weighted by Gasteiger charge is -2.08. The van der Waals surface area contributed by atoms with Crippen LogP contribution in [0.5, 0.6) is 17.2 Å². The highest BCUT2D eigenvalue weighted by molar-refractivity contribution is 6.30. The lowest BCUT2D eigenvalue weighted by Crippen LogP contribution is -2.02. The number of benzene rings is 2. The van der Waals surface area contributed by atoms with Crippen LogP contribution < -0.4 is 14.2 Å². The van der Waals surface area contributed by atoms with Crippen molar-refractivity contribution >= 4 is 11.6 Å². The summed E-state index contributed by atoms with van der Waals surface area (Å²) in [6.07, 6.45) is 1.89. The molecule has 0 bridgehead atoms. The summed E-state index contributed by atoms with van der Waals surface area (Å²) in [7, 11) is 0. The minimum absolute atomic E-state index is 0.674. The van der Waals surface area contributed by atoms with Gasteiger partial charge in [0, 0.05) is 5.02 Å². The van der Waals surface area contributed by atoms with E-state index in [9.17, 15) is 0 Å². The molecule has 0 aliphatic carbocycles. The van der Waals surface area contributed by atoms with E-state index in [0.717, 1.165) is 35.1 Å². The molecule has 0 spiro atoms. The highest BCUT2D eigenvalue weighted by Crippen LogP contribution is 2.18. The number of halogens is 1. The van der Waals surface area contributed by atoms with E-state index in [4.69, 9.17) is 25.8 Å². The Morgan fingerprint density at radius 2 is 1.09 bits per heavy atom. The summed E-state index contributed by atoms with van der Waals surface area (Å²) in [6.45, 7) is 4.00. The van der Waals surface area contributed by atoms with E-state index in [0.29, 0.717) is 19.8 Å². The predicted molar refractivity (Wildman–Crippen MR) is 89.3 cm³/mol. The van der Waals surface area contributed by atoms with Crippen LogP contribution >= 0.6 is 11.6 Å². The maximum atomic E-state index is 5.82. The number of ether oxygens (including phenoxy) is 3. The second-order valence-corrected chi connectivity index (χ2v) is 5.20. The van der Waals surface area contributed by atoms with Gasteiger partial charge in [-0.1, -0.05) is 11.6 Å². The number of hydrogen-bond donors (Lipinski definition) is 0. The molecular weight excluding hydrogens is 300 g/mol. The molecule has 0 saturated heterocycles. The zero-order valence-corrected chi connectivity index (χ0v) is 13.5. The van der Waals surface area contributed by atoms with Crippen LogP contribution in [0.25, 0.3) is 0 Å². The first-order valence-corrected chi connectivity index (χ1v) is 7.90. The van der Waals surface area contributed by atoms with Crippen LogP contribution in [0.15, 0.2) is 48.5 Å². The van der Waals surface area contributed by atoms with E-state index < -0.39 is 0 Å². The van der Waals surface area contributed by atoms with Crippen LogP contribution in [-0.2, 0) is 0 Å². The monoisotopic (exact) mass is 320 g/mol. The molecule has 0 heterocycles. The third-order valence-corrected chi connectivity index (χ3v) is 3.28. The van der Waals surface area contributed by atoms with Gasteiger partial charge in [-0.05, 0) is 68.3 Å². The van der Waals surface area contributed by atoms with E-state index in [-0.39, 0.29) is 0 Å². The topological polar surface area (TPSA) is 27.7 Å². The van der Waals surface area contributed by atoms with Crippen LogP contribution in [0.4, 0.5) is 0 Å². The highest BCUT2D eigenvalue weighted by atomic mass is 35.5. The molecule has 0 fully saturated rings. The second-order valence-electron chi connectivity index (χ2n) is 4.76. The van der Waals surface area contributed by atoms with E-state index in [1.807, 2.05) is 55.5 Å². The normalized spacial score (nSPS) is 10.3. The average molecular weight is 321 g/mol. The molecule has 2 aromatic carbocycles. The Morgan fingerprint density at radius 1 is 0.682 bits per heavy atom. The first-order valence-electron chi connectivity index (χ1n) is 7.52. The molecule has 0 saturated carbocycles. The molecule has 0 aliphatic rings. The molecule has 2 aromatic rings. The van der Waals surface area contributed by atoms with Crippen LogP contribution in [0.1, 0.15) is 19.8 Å². The van der Waals surface area contributed by atoms with E-state index in [1.165, 1.54) is 0 Å². The van der Waals surface area contributed by atoms with Crippen molar-refractivity contribution in [3.8, 4) is 17.2 Å². The summed E-state index contributed by atoms with van der Waals surface area (Å²) >= 11 is 5.82. The van der Waals surface area contributed by atoms with Gasteiger partial charge < -0.3 is 14.2 Å². The second kappa shape index (κ2) is 9.21. The third kappa shape index (κ3) is 5.86. The molecule has 3 nitrogen and oxygen atoms in total. The van der Waals surface area contributed by atoms with Gasteiger partial charge in [0.15, 0.2) is 0 Å². The Labute approximate surface area is 136 Å².